The van der Waals surface area contributed by atoms with E-state index in [1.807, 2.05) is 24.3 Å². The van der Waals surface area contributed by atoms with Gasteiger partial charge in [-0.3, -0.25) is 4.79 Å². The first-order valence-corrected chi connectivity index (χ1v) is 6.95. The van der Waals surface area contributed by atoms with Gasteiger partial charge in [-0.2, -0.15) is 0 Å². The normalized spacial score (nSPS) is 12.5. The van der Waals surface area contributed by atoms with Crippen molar-refractivity contribution in [2.75, 3.05) is 6.61 Å². The third-order valence-corrected chi connectivity index (χ3v) is 2.94. The molecule has 0 spiro atoms. The minimum absolute atomic E-state index is 0.252. The molecule has 0 saturated heterocycles. The maximum atomic E-state index is 11.2. The summed E-state index contributed by atoms with van der Waals surface area (Å²) in [5.74, 6) is 0.373. The Hall–Kier alpha value is -1.35. The number of aliphatic hydroxyl groups is 1. The highest BCUT2D eigenvalue weighted by atomic mass is 16.5. The highest BCUT2D eigenvalue weighted by molar-refractivity contribution is 5.69. The highest BCUT2D eigenvalue weighted by Gasteiger charge is 2.11. The summed E-state index contributed by atoms with van der Waals surface area (Å²) in [6, 6.07) is 7.97. The summed E-state index contributed by atoms with van der Waals surface area (Å²) >= 11 is 0. The first-order chi connectivity index (χ1) is 9.02. The van der Waals surface area contributed by atoms with Crippen molar-refractivity contribution in [2.24, 2.45) is 5.92 Å². The Bertz CT molecular complexity index is 381. The van der Waals surface area contributed by atoms with Crippen molar-refractivity contribution in [3.05, 3.63) is 35.4 Å². The Morgan fingerprint density at radius 2 is 1.89 bits per heavy atom. The SMILES string of the molecule is CCOC(=O)CCC(O)c1ccc(CC(C)C)cc1. The molecule has 1 rings (SSSR count). The molecule has 0 saturated carbocycles. The van der Waals surface area contributed by atoms with Crippen LogP contribution in [0.25, 0.3) is 0 Å². The van der Waals surface area contributed by atoms with Gasteiger partial charge in [0, 0.05) is 6.42 Å². The molecule has 19 heavy (non-hydrogen) atoms. The summed E-state index contributed by atoms with van der Waals surface area (Å²) < 4.78 is 4.84. The molecule has 1 atom stereocenters. The van der Waals surface area contributed by atoms with Gasteiger partial charge in [-0.15, -0.1) is 0 Å². The molecule has 0 aromatic heterocycles. The van der Waals surface area contributed by atoms with E-state index in [9.17, 15) is 9.90 Å². The van der Waals surface area contributed by atoms with Crippen molar-refractivity contribution in [1.29, 1.82) is 0 Å². The Balaban J connectivity index is 2.48. The van der Waals surface area contributed by atoms with E-state index in [0.29, 0.717) is 18.9 Å². The van der Waals surface area contributed by atoms with Gasteiger partial charge < -0.3 is 9.84 Å². The second-order valence-corrected chi connectivity index (χ2v) is 5.20. The fraction of sp³-hybridized carbons (Fsp3) is 0.562. The number of esters is 1. The van der Waals surface area contributed by atoms with Crippen LogP contribution in [0.15, 0.2) is 24.3 Å². The van der Waals surface area contributed by atoms with Crippen LogP contribution in [0, 0.1) is 5.92 Å². The molecule has 1 aromatic carbocycles. The molecule has 0 bridgehead atoms. The molecule has 0 aliphatic carbocycles. The third-order valence-electron chi connectivity index (χ3n) is 2.94. The molecule has 0 aliphatic rings. The quantitative estimate of drug-likeness (QED) is 0.769. The van der Waals surface area contributed by atoms with Gasteiger partial charge in [0.1, 0.15) is 0 Å². The maximum Gasteiger partial charge on any atom is 0.305 e. The fourth-order valence-corrected chi connectivity index (χ4v) is 2.00. The smallest absolute Gasteiger partial charge is 0.305 e. The average Bonchev–Trinajstić information content (AvgIpc) is 2.36. The Morgan fingerprint density at radius 3 is 2.42 bits per heavy atom. The number of carbonyl (C=O) groups excluding carboxylic acids is 1. The van der Waals surface area contributed by atoms with Crippen LogP contribution < -0.4 is 0 Å². The number of ether oxygens (including phenoxy) is 1. The molecule has 1 aromatic rings. The van der Waals surface area contributed by atoms with Gasteiger partial charge in [-0.1, -0.05) is 38.1 Å². The van der Waals surface area contributed by atoms with E-state index in [2.05, 4.69) is 13.8 Å². The largest absolute Gasteiger partial charge is 0.466 e. The molecule has 106 valence electrons. The first kappa shape index (κ1) is 15.7. The van der Waals surface area contributed by atoms with Gasteiger partial charge in [0.05, 0.1) is 12.7 Å². The molecule has 0 fully saturated rings. The van der Waals surface area contributed by atoms with Crippen molar-refractivity contribution in [3.8, 4) is 0 Å². The molecule has 3 nitrogen and oxygen atoms in total. The highest BCUT2D eigenvalue weighted by Crippen LogP contribution is 2.20. The summed E-state index contributed by atoms with van der Waals surface area (Å²) in [5.41, 5.74) is 2.13. The van der Waals surface area contributed by atoms with Crippen molar-refractivity contribution >= 4 is 5.97 Å². The Kier molecular flexibility index (Phi) is 6.57. The zero-order valence-electron chi connectivity index (χ0n) is 12.1. The summed E-state index contributed by atoms with van der Waals surface area (Å²) in [4.78, 5) is 11.2. The molecule has 0 aliphatic heterocycles. The lowest BCUT2D eigenvalue weighted by Gasteiger charge is -2.12. The lowest BCUT2D eigenvalue weighted by atomic mass is 9.99. The molecule has 1 unspecified atom stereocenters. The second kappa shape index (κ2) is 7.95. The van der Waals surface area contributed by atoms with Gasteiger partial charge in [0.15, 0.2) is 0 Å². The predicted octanol–water partition coefficient (Wildman–Crippen LogP) is 3.26. The Morgan fingerprint density at radius 1 is 1.26 bits per heavy atom. The average molecular weight is 264 g/mol. The predicted molar refractivity (Wildman–Crippen MR) is 75.8 cm³/mol. The van der Waals surface area contributed by atoms with Crippen LogP contribution >= 0.6 is 0 Å². The van der Waals surface area contributed by atoms with Gasteiger partial charge >= 0.3 is 5.97 Å². The molecular formula is C16H24O3. The summed E-state index contributed by atoms with van der Waals surface area (Å²) in [6.07, 6.45) is 1.10. The number of hydrogen-bond acceptors (Lipinski definition) is 3. The maximum absolute atomic E-state index is 11.2. The molecule has 0 heterocycles. The monoisotopic (exact) mass is 264 g/mol. The van der Waals surface area contributed by atoms with E-state index in [1.165, 1.54) is 5.56 Å². The van der Waals surface area contributed by atoms with E-state index in [4.69, 9.17) is 4.74 Å². The fourth-order valence-electron chi connectivity index (χ4n) is 2.00. The zero-order valence-corrected chi connectivity index (χ0v) is 12.1. The van der Waals surface area contributed by atoms with Crippen LogP contribution in [0.2, 0.25) is 0 Å². The lowest BCUT2D eigenvalue weighted by Crippen LogP contribution is -2.07. The number of rotatable bonds is 7. The van der Waals surface area contributed by atoms with E-state index < -0.39 is 6.10 Å². The van der Waals surface area contributed by atoms with E-state index in [-0.39, 0.29) is 12.4 Å². The lowest BCUT2D eigenvalue weighted by molar-refractivity contribution is -0.143. The van der Waals surface area contributed by atoms with Crippen LogP contribution in [0.4, 0.5) is 0 Å². The molecule has 1 N–H and O–H groups in total. The number of hydrogen-bond donors (Lipinski definition) is 1. The van der Waals surface area contributed by atoms with Crippen LogP contribution in [0.1, 0.15) is 50.8 Å². The summed E-state index contributed by atoms with van der Waals surface area (Å²) in [5, 5.41) is 10.0. The number of aliphatic hydroxyl groups excluding tert-OH is 1. The van der Waals surface area contributed by atoms with Crippen LogP contribution in [-0.2, 0) is 16.0 Å². The van der Waals surface area contributed by atoms with Crippen LogP contribution in [0.3, 0.4) is 0 Å². The van der Waals surface area contributed by atoms with Gasteiger partial charge in [-0.25, -0.2) is 0 Å². The van der Waals surface area contributed by atoms with Crippen molar-refractivity contribution in [3.63, 3.8) is 0 Å². The van der Waals surface area contributed by atoms with E-state index in [0.717, 1.165) is 12.0 Å². The van der Waals surface area contributed by atoms with Crippen molar-refractivity contribution in [2.45, 2.75) is 46.1 Å². The number of benzene rings is 1. The zero-order chi connectivity index (χ0) is 14.3. The summed E-state index contributed by atoms with van der Waals surface area (Å²) in [6.45, 7) is 6.53. The minimum atomic E-state index is -0.600. The molecule has 0 radical (unpaired) electrons. The van der Waals surface area contributed by atoms with Crippen molar-refractivity contribution in [1.82, 2.24) is 0 Å². The summed E-state index contributed by atoms with van der Waals surface area (Å²) in [7, 11) is 0. The van der Waals surface area contributed by atoms with Crippen molar-refractivity contribution < 1.29 is 14.6 Å². The standard InChI is InChI=1S/C16H24O3/c1-4-19-16(18)10-9-15(17)14-7-5-13(6-8-14)11-12(2)3/h5-8,12,15,17H,4,9-11H2,1-3H3. The molecule has 0 amide bonds. The van der Waals surface area contributed by atoms with Gasteiger partial charge in [0.2, 0.25) is 0 Å². The minimum Gasteiger partial charge on any atom is -0.466 e. The van der Waals surface area contributed by atoms with Gasteiger partial charge in [-0.05, 0) is 36.8 Å². The molecular weight excluding hydrogens is 240 g/mol. The van der Waals surface area contributed by atoms with Crippen LogP contribution in [0.5, 0.6) is 0 Å². The Labute approximate surface area is 115 Å². The topological polar surface area (TPSA) is 46.5 Å². The first-order valence-electron chi connectivity index (χ1n) is 6.95. The van der Waals surface area contributed by atoms with E-state index >= 15 is 0 Å². The van der Waals surface area contributed by atoms with Crippen LogP contribution in [-0.4, -0.2) is 17.7 Å². The van der Waals surface area contributed by atoms with E-state index in [1.54, 1.807) is 6.92 Å². The molecule has 3 heteroatoms. The second-order valence-electron chi connectivity index (χ2n) is 5.20. The third kappa shape index (κ3) is 5.88. The van der Waals surface area contributed by atoms with Gasteiger partial charge in [0.25, 0.3) is 0 Å². The number of carbonyl (C=O) groups is 1.